The van der Waals surface area contributed by atoms with Gasteiger partial charge < -0.3 is 11.1 Å². The first-order valence-electron chi connectivity index (χ1n) is 6.64. The van der Waals surface area contributed by atoms with Gasteiger partial charge in [0.05, 0.1) is 5.41 Å². The molecule has 0 unspecified atom stereocenters. The molecule has 0 saturated heterocycles. The third kappa shape index (κ3) is 2.82. The highest BCUT2D eigenvalue weighted by Crippen LogP contribution is 2.25. The summed E-state index contributed by atoms with van der Waals surface area (Å²) in [7, 11) is 0. The van der Waals surface area contributed by atoms with Crippen LogP contribution in [0.3, 0.4) is 0 Å². The van der Waals surface area contributed by atoms with Crippen molar-refractivity contribution in [2.24, 2.45) is 0 Å². The summed E-state index contributed by atoms with van der Waals surface area (Å²) in [6.45, 7) is 5.76. The highest BCUT2D eigenvalue weighted by molar-refractivity contribution is 5.98. The Hall–Kier alpha value is -2.29. The van der Waals surface area contributed by atoms with Gasteiger partial charge in [0.1, 0.15) is 0 Å². The van der Waals surface area contributed by atoms with Crippen molar-refractivity contribution in [2.45, 2.75) is 26.2 Å². The molecule has 0 radical (unpaired) electrons. The summed E-state index contributed by atoms with van der Waals surface area (Å²) < 4.78 is 0. The number of nitrogen functional groups attached to an aromatic ring is 1. The standard InChI is InChI=1S/C17H20N2O/c1-12-11-14(9-10-15(12)18)19-16(20)17(2,3)13-7-5-4-6-8-13/h4-11H,18H2,1-3H3,(H,19,20). The monoisotopic (exact) mass is 268 g/mol. The predicted molar refractivity (Wildman–Crippen MR) is 83.7 cm³/mol. The van der Waals surface area contributed by atoms with Crippen LogP contribution in [0.15, 0.2) is 48.5 Å². The van der Waals surface area contributed by atoms with Crippen LogP contribution in [0.4, 0.5) is 11.4 Å². The molecule has 20 heavy (non-hydrogen) atoms. The maximum Gasteiger partial charge on any atom is 0.234 e. The van der Waals surface area contributed by atoms with Crippen molar-refractivity contribution in [3.05, 3.63) is 59.7 Å². The second kappa shape index (κ2) is 5.37. The Morgan fingerprint density at radius 3 is 2.35 bits per heavy atom. The van der Waals surface area contributed by atoms with Gasteiger partial charge >= 0.3 is 0 Å². The molecule has 0 fully saturated rings. The molecule has 0 aliphatic carbocycles. The lowest BCUT2D eigenvalue weighted by molar-refractivity contribution is -0.120. The van der Waals surface area contributed by atoms with E-state index < -0.39 is 5.41 Å². The van der Waals surface area contributed by atoms with Gasteiger partial charge in [0, 0.05) is 11.4 Å². The zero-order valence-electron chi connectivity index (χ0n) is 12.1. The van der Waals surface area contributed by atoms with Crippen LogP contribution in [0.2, 0.25) is 0 Å². The van der Waals surface area contributed by atoms with Crippen molar-refractivity contribution in [2.75, 3.05) is 11.1 Å². The zero-order valence-corrected chi connectivity index (χ0v) is 12.1. The average molecular weight is 268 g/mol. The summed E-state index contributed by atoms with van der Waals surface area (Å²) >= 11 is 0. The normalized spacial score (nSPS) is 11.2. The second-order valence-corrected chi connectivity index (χ2v) is 5.52. The van der Waals surface area contributed by atoms with Crippen molar-refractivity contribution in [1.29, 1.82) is 0 Å². The van der Waals surface area contributed by atoms with Crippen LogP contribution < -0.4 is 11.1 Å². The fourth-order valence-corrected chi connectivity index (χ4v) is 2.03. The minimum absolute atomic E-state index is 0.0344. The Bertz CT molecular complexity index is 618. The van der Waals surface area contributed by atoms with Crippen molar-refractivity contribution in [3.8, 4) is 0 Å². The fraction of sp³-hybridized carbons (Fsp3) is 0.235. The Labute approximate surface area is 119 Å². The van der Waals surface area contributed by atoms with Crippen LogP contribution in [0.1, 0.15) is 25.0 Å². The molecular formula is C17H20N2O. The lowest BCUT2D eigenvalue weighted by atomic mass is 9.83. The first-order chi connectivity index (χ1) is 9.41. The molecule has 104 valence electrons. The van der Waals surface area contributed by atoms with Crippen molar-refractivity contribution in [3.63, 3.8) is 0 Å². The molecule has 0 bridgehead atoms. The van der Waals surface area contributed by atoms with Crippen LogP contribution in [0.5, 0.6) is 0 Å². The Morgan fingerprint density at radius 2 is 1.75 bits per heavy atom. The summed E-state index contributed by atoms with van der Waals surface area (Å²) in [5.74, 6) is -0.0344. The summed E-state index contributed by atoms with van der Waals surface area (Å²) in [6, 6.07) is 15.3. The predicted octanol–water partition coefficient (Wildman–Crippen LogP) is 3.49. The lowest BCUT2D eigenvalue weighted by Crippen LogP contribution is -2.34. The van der Waals surface area contributed by atoms with Gasteiger partial charge in [-0.2, -0.15) is 0 Å². The van der Waals surface area contributed by atoms with Gasteiger partial charge in [0.25, 0.3) is 0 Å². The van der Waals surface area contributed by atoms with E-state index in [4.69, 9.17) is 5.73 Å². The van der Waals surface area contributed by atoms with E-state index >= 15 is 0 Å². The maximum absolute atomic E-state index is 12.5. The molecule has 1 amide bonds. The molecule has 2 aromatic carbocycles. The van der Waals surface area contributed by atoms with E-state index in [9.17, 15) is 4.79 Å². The lowest BCUT2D eigenvalue weighted by Gasteiger charge is -2.24. The molecule has 0 aromatic heterocycles. The van der Waals surface area contributed by atoms with Gasteiger partial charge in [-0.15, -0.1) is 0 Å². The molecule has 0 aliphatic rings. The molecule has 3 nitrogen and oxygen atoms in total. The number of carbonyl (C=O) groups is 1. The first kappa shape index (κ1) is 14.1. The number of nitrogens with two attached hydrogens (primary N) is 1. The third-order valence-corrected chi connectivity index (χ3v) is 3.59. The van der Waals surface area contributed by atoms with Gasteiger partial charge in [-0.05, 0) is 50.1 Å². The van der Waals surface area contributed by atoms with E-state index in [1.54, 1.807) is 6.07 Å². The minimum Gasteiger partial charge on any atom is -0.399 e. The van der Waals surface area contributed by atoms with Gasteiger partial charge in [-0.3, -0.25) is 4.79 Å². The van der Waals surface area contributed by atoms with Crippen LogP contribution in [-0.4, -0.2) is 5.91 Å². The number of benzene rings is 2. The molecule has 0 aliphatic heterocycles. The average Bonchev–Trinajstić information content (AvgIpc) is 2.44. The van der Waals surface area contributed by atoms with Gasteiger partial charge in [-0.25, -0.2) is 0 Å². The number of amides is 1. The van der Waals surface area contributed by atoms with Crippen LogP contribution in [-0.2, 0) is 10.2 Å². The number of nitrogens with one attached hydrogen (secondary N) is 1. The molecule has 3 heteroatoms. The number of rotatable bonds is 3. The molecule has 0 heterocycles. The second-order valence-electron chi connectivity index (χ2n) is 5.52. The summed E-state index contributed by atoms with van der Waals surface area (Å²) in [5, 5.41) is 2.95. The molecule has 3 N–H and O–H groups in total. The highest BCUT2D eigenvalue weighted by Gasteiger charge is 2.29. The molecule has 0 atom stereocenters. The van der Waals surface area contributed by atoms with Crippen LogP contribution >= 0.6 is 0 Å². The summed E-state index contributed by atoms with van der Waals surface area (Å²) in [4.78, 5) is 12.5. The topological polar surface area (TPSA) is 55.1 Å². The van der Waals surface area contributed by atoms with E-state index in [0.717, 1.165) is 22.5 Å². The number of hydrogen-bond donors (Lipinski definition) is 2. The third-order valence-electron chi connectivity index (χ3n) is 3.59. The van der Waals surface area contributed by atoms with E-state index in [1.807, 2.05) is 63.2 Å². The van der Waals surface area contributed by atoms with Crippen molar-refractivity contribution >= 4 is 17.3 Å². The number of hydrogen-bond acceptors (Lipinski definition) is 2. The quantitative estimate of drug-likeness (QED) is 0.837. The van der Waals surface area contributed by atoms with E-state index in [1.165, 1.54) is 0 Å². The zero-order chi connectivity index (χ0) is 14.8. The van der Waals surface area contributed by atoms with E-state index in [-0.39, 0.29) is 5.91 Å². The van der Waals surface area contributed by atoms with Crippen LogP contribution in [0, 0.1) is 6.92 Å². The SMILES string of the molecule is Cc1cc(NC(=O)C(C)(C)c2ccccc2)ccc1N. The van der Waals surface area contributed by atoms with E-state index in [2.05, 4.69) is 5.32 Å². The Morgan fingerprint density at radius 1 is 1.10 bits per heavy atom. The van der Waals surface area contributed by atoms with Gasteiger partial charge in [0.2, 0.25) is 5.91 Å². The Kier molecular flexibility index (Phi) is 3.79. The number of anilines is 2. The highest BCUT2D eigenvalue weighted by atomic mass is 16.2. The molecule has 2 rings (SSSR count). The maximum atomic E-state index is 12.5. The summed E-state index contributed by atoms with van der Waals surface area (Å²) in [6.07, 6.45) is 0. The molecule has 2 aromatic rings. The minimum atomic E-state index is -0.587. The molecule has 0 spiro atoms. The first-order valence-corrected chi connectivity index (χ1v) is 6.64. The van der Waals surface area contributed by atoms with Gasteiger partial charge in [-0.1, -0.05) is 30.3 Å². The largest absolute Gasteiger partial charge is 0.399 e. The van der Waals surface area contributed by atoms with Crippen molar-refractivity contribution < 1.29 is 4.79 Å². The Balaban J connectivity index is 2.21. The van der Waals surface area contributed by atoms with E-state index in [0.29, 0.717) is 0 Å². The molecular weight excluding hydrogens is 248 g/mol. The van der Waals surface area contributed by atoms with Gasteiger partial charge in [0.15, 0.2) is 0 Å². The van der Waals surface area contributed by atoms with Crippen molar-refractivity contribution in [1.82, 2.24) is 0 Å². The fourth-order valence-electron chi connectivity index (χ4n) is 2.03. The smallest absolute Gasteiger partial charge is 0.234 e. The molecule has 0 saturated carbocycles. The summed E-state index contributed by atoms with van der Waals surface area (Å²) in [5.41, 5.74) is 8.64. The van der Waals surface area contributed by atoms with Crippen LogP contribution in [0.25, 0.3) is 0 Å². The number of aryl methyl sites for hydroxylation is 1. The number of carbonyl (C=O) groups excluding carboxylic acids is 1.